The van der Waals surface area contributed by atoms with E-state index < -0.39 is 17.1 Å². The Kier molecular flexibility index (Phi) is 3.13. The lowest BCUT2D eigenvalue weighted by Crippen LogP contribution is -2.32. The fraction of sp³-hybridized carbons (Fsp3) is 0.263. The van der Waals surface area contributed by atoms with Gasteiger partial charge in [-0.15, -0.1) is 0 Å². The van der Waals surface area contributed by atoms with Gasteiger partial charge < -0.3 is 9.84 Å². The van der Waals surface area contributed by atoms with E-state index >= 15 is 0 Å². The van der Waals surface area contributed by atoms with Crippen molar-refractivity contribution in [1.82, 2.24) is 4.90 Å². The molecule has 2 aliphatic heterocycles. The third kappa shape index (κ3) is 1.94. The number of ether oxygens (including phenoxy) is 1. The zero-order chi connectivity index (χ0) is 16.9. The van der Waals surface area contributed by atoms with Crippen molar-refractivity contribution in [3.05, 3.63) is 59.7 Å². The van der Waals surface area contributed by atoms with Crippen LogP contribution in [0, 0.1) is 0 Å². The molecule has 5 nitrogen and oxygen atoms in total. The zero-order valence-electron chi connectivity index (χ0n) is 13.3. The lowest BCUT2D eigenvalue weighted by molar-refractivity contribution is -0.136. The van der Waals surface area contributed by atoms with Crippen LogP contribution in [0.25, 0.3) is 10.8 Å². The van der Waals surface area contributed by atoms with Gasteiger partial charge in [0.05, 0.1) is 0 Å². The molecular formula is C19H17NO4. The standard InChI is InChI=1S/C19H17NO4/c1-19(14-9-4-7-12-6-2-3-8-13(12)14)17(23)16(22)18(24-19)20-11-5-10-15(20)21/h2-4,6-9,22H,5,10-11H2,1H3. The van der Waals surface area contributed by atoms with Crippen molar-refractivity contribution in [2.24, 2.45) is 0 Å². The summed E-state index contributed by atoms with van der Waals surface area (Å²) in [6.45, 7) is 2.10. The highest BCUT2D eigenvalue weighted by molar-refractivity contribution is 6.05. The number of carbonyl (C=O) groups is 2. The van der Waals surface area contributed by atoms with Crippen LogP contribution in [0.2, 0.25) is 0 Å². The van der Waals surface area contributed by atoms with E-state index in [1.165, 1.54) is 4.90 Å². The Balaban J connectivity index is 1.82. The maximum atomic E-state index is 12.8. The summed E-state index contributed by atoms with van der Waals surface area (Å²) in [5, 5.41) is 12.2. The van der Waals surface area contributed by atoms with Gasteiger partial charge in [0.15, 0.2) is 5.60 Å². The monoisotopic (exact) mass is 323 g/mol. The quantitative estimate of drug-likeness (QED) is 0.922. The predicted molar refractivity (Wildman–Crippen MR) is 88.0 cm³/mol. The van der Waals surface area contributed by atoms with Gasteiger partial charge >= 0.3 is 0 Å². The Morgan fingerprint density at radius 1 is 1.12 bits per heavy atom. The normalized spacial score (nSPS) is 24.1. The average molecular weight is 323 g/mol. The van der Waals surface area contributed by atoms with Gasteiger partial charge in [0.2, 0.25) is 17.5 Å². The van der Waals surface area contributed by atoms with Crippen molar-refractivity contribution < 1.29 is 19.4 Å². The number of hydrogen-bond donors (Lipinski definition) is 1. The first-order valence-electron chi connectivity index (χ1n) is 7.98. The molecule has 0 spiro atoms. The highest BCUT2D eigenvalue weighted by atomic mass is 16.5. The Labute approximate surface area is 139 Å². The fourth-order valence-electron chi connectivity index (χ4n) is 3.48. The number of rotatable bonds is 2. The zero-order valence-corrected chi connectivity index (χ0v) is 13.3. The van der Waals surface area contributed by atoms with Gasteiger partial charge in [0.25, 0.3) is 5.78 Å². The number of nitrogens with zero attached hydrogens (tertiary/aromatic N) is 1. The molecule has 2 aromatic carbocycles. The molecule has 122 valence electrons. The second-order valence-electron chi connectivity index (χ2n) is 6.29. The Morgan fingerprint density at radius 2 is 1.88 bits per heavy atom. The first-order valence-corrected chi connectivity index (χ1v) is 7.98. The number of aliphatic hydroxyl groups is 1. The van der Waals surface area contributed by atoms with E-state index in [2.05, 4.69) is 0 Å². The van der Waals surface area contributed by atoms with Crippen LogP contribution in [0.15, 0.2) is 54.1 Å². The van der Waals surface area contributed by atoms with E-state index in [0.717, 1.165) is 10.8 Å². The third-order valence-corrected chi connectivity index (χ3v) is 4.77. The molecule has 1 atom stereocenters. The van der Waals surface area contributed by atoms with Crippen LogP contribution < -0.4 is 0 Å². The number of benzene rings is 2. The summed E-state index contributed by atoms with van der Waals surface area (Å²) in [7, 11) is 0. The lowest BCUT2D eigenvalue weighted by Gasteiger charge is -2.27. The van der Waals surface area contributed by atoms with E-state index in [4.69, 9.17) is 4.74 Å². The average Bonchev–Trinajstić information content (AvgIpc) is 3.12. The van der Waals surface area contributed by atoms with Crippen LogP contribution in [-0.2, 0) is 19.9 Å². The first-order chi connectivity index (χ1) is 11.5. The molecule has 5 heteroatoms. The maximum absolute atomic E-state index is 12.8. The van der Waals surface area contributed by atoms with Crippen molar-refractivity contribution in [3.63, 3.8) is 0 Å². The SMILES string of the molecule is CC1(c2cccc3ccccc23)OC(N2CCCC2=O)=C(O)C1=O. The molecule has 0 aromatic heterocycles. The molecule has 2 heterocycles. The van der Waals surface area contributed by atoms with Crippen LogP contribution in [0.5, 0.6) is 0 Å². The minimum atomic E-state index is -1.34. The van der Waals surface area contributed by atoms with Crippen molar-refractivity contribution in [2.75, 3.05) is 6.54 Å². The highest BCUT2D eigenvalue weighted by Crippen LogP contribution is 2.42. The van der Waals surface area contributed by atoms with Crippen LogP contribution in [0.3, 0.4) is 0 Å². The summed E-state index contributed by atoms with van der Waals surface area (Å²) in [5.74, 6) is -1.14. The minimum absolute atomic E-state index is 0.0158. The summed E-state index contributed by atoms with van der Waals surface area (Å²) in [6.07, 6.45) is 1.09. The van der Waals surface area contributed by atoms with E-state index in [-0.39, 0.29) is 11.8 Å². The molecule has 2 aromatic rings. The molecule has 1 amide bonds. The number of ketones is 1. The van der Waals surface area contributed by atoms with Crippen molar-refractivity contribution in [2.45, 2.75) is 25.4 Å². The molecule has 0 bridgehead atoms. The third-order valence-electron chi connectivity index (χ3n) is 4.77. The fourth-order valence-corrected chi connectivity index (χ4v) is 3.48. The number of Topliss-reactive ketones (excluding diaryl/α,β-unsaturated/α-hetero) is 1. The number of fused-ring (bicyclic) bond motifs is 1. The molecule has 1 fully saturated rings. The topological polar surface area (TPSA) is 66.8 Å². The Bertz CT molecular complexity index is 896. The second-order valence-corrected chi connectivity index (χ2v) is 6.29. The van der Waals surface area contributed by atoms with Crippen LogP contribution in [-0.4, -0.2) is 28.2 Å². The molecule has 1 unspecified atom stereocenters. The van der Waals surface area contributed by atoms with Gasteiger partial charge in [-0.1, -0.05) is 42.5 Å². The molecule has 0 saturated carbocycles. The molecule has 1 saturated heterocycles. The van der Waals surface area contributed by atoms with Gasteiger partial charge in [0.1, 0.15) is 0 Å². The number of amides is 1. The number of hydrogen-bond acceptors (Lipinski definition) is 4. The molecule has 0 radical (unpaired) electrons. The maximum Gasteiger partial charge on any atom is 0.250 e. The smallest absolute Gasteiger partial charge is 0.250 e. The molecule has 2 aliphatic rings. The molecule has 1 N–H and O–H groups in total. The number of likely N-dealkylation sites (tertiary alicyclic amines) is 1. The largest absolute Gasteiger partial charge is 0.501 e. The molecule has 24 heavy (non-hydrogen) atoms. The van der Waals surface area contributed by atoms with Gasteiger partial charge in [-0.25, -0.2) is 0 Å². The predicted octanol–water partition coefficient (Wildman–Crippen LogP) is 3.00. The second kappa shape index (κ2) is 5.09. The first kappa shape index (κ1) is 14.8. The van der Waals surface area contributed by atoms with Crippen LogP contribution in [0.1, 0.15) is 25.3 Å². The summed E-state index contributed by atoms with van der Waals surface area (Å²) in [6, 6.07) is 13.3. The van der Waals surface area contributed by atoms with Crippen LogP contribution in [0.4, 0.5) is 0 Å². The summed E-state index contributed by atoms with van der Waals surface area (Å²) in [5.41, 5.74) is -0.665. The molecule has 0 aliphatic carbocycles. The van der Waals surface area contributed by atoms with E-state index in [1.807, 2.05) is 42.5 Å². The van der Waals surface area contributed by atoms with Crippen molar-refractivity contribution in [1.29, 1.82) is 0 Å². The van der Waals surface area contributed by atoms with E-state index in [0.29, 0.717) is 24.9 Å². The lowest BCUT2D eigenvalue weighted by atomic mass is 9.88. The van der Waals surface area contributed by atoms with E-state index in [1.54, 1.807) is 6.92 Å². The summed E-state index contributed by atoms with van der Waals surface area (Å²) in [4.78, 5) is 26.1. The minimum Gasteiger partial charge on any atom is -0.501 e. The molecular weight excluding hydrogens is 306 g/mol. The van der Waals surface area contributed by atoms with Crippen LogP contribution >= 0.6 is 0 Å². The van der Waals surface area contributed by atoms with Crippen molar-refractivity contribution >= 4 is 22.5 Å². The summed E-state index contributed by atoms with van der Waals surface area (Å²) < 4.78 is 5.91. The summed E-state index contributed by atoms with van der Waals surface area (Å²) >= 11 is 0. The van der Waals surface area contributed by atoms with Gasteiger partial charge in [-0.2, -0.15) is 0 Å². The van der Waals surface area contributed by atoms with Crippen molar-refractivity contribution in [3.8, 4) is 0 Å². The van der Waals surface area contributed by atoms with Gasteiger partial charge in [0, 0.05) is 18.5 Å². The number of carbonyl (C=O) groups excluding carboxylic acids is 2. The van der Waals surface area contributed by atoms with Gasteiger partial charge in [-0.05, 0) is 24.1 Å². The van der Waals surface area contributed by atoms with E-state index in [9.17, 15) is 14.7 Å². The molecule has 4 rings (SSSR count). The van der Waals surface area contributed by atoms with Gasteiger partial charge in [-0.3, -0.25) is 14.5 Å². The Morgan fingerprint density at radius 3 is 2.62 bits per heavy atom. The number of aliphatic hydroxyl groups excluding tert-OH is 1. The highest BCUT2D eigenvalue weighted by Gasteiger charge is 2.51. The Hall–Kier alpha value is -2.82.